The van der Waals surface area contributed by atoms with E-state index in [-0.39, 0.29) is 5.41 Å². The van der Waals surface area contributed by atoms with Gasteiger partial charge in [-0.1, -0.05) is 13.8 Å². The molecule has 1 N–H and O–H groups in total. The summed E-state index contributed by atoms with van der Waals surface area (Å²) < 4.78 is 35.9. The van der Waals surface area contributed by atoms with Gasteiger partial charge in [-0.15, -0.1) is 0 Å². The van der Waals surface area contributed by atoms with Crippen LogP contribution in [0.5, 0.6) is 0 Å². The molecule has 100 valence electrons. The van der Waals surface area contributed by atoms with Crippen LogP contribution < -0.4 is 5.32 Å². The van der Waals surface area contributed by atoms with Gasteiger partial charge in [0.15, 0.2) is 0 Å². The van der Waals surface area contributed by atoms with E-state index in [9.17, 15) is 18.0 Å². The molecule has 0 saturated carbocycles. The van der Waals surface area contributed by atoms with E-state index in [0.717, 1.165) is 19.3 Å². The van der Waals surface area contributed by atoms with Gasteiger partial charge in [0, 0.05) is 13.1 Å². The van der Waals surface area contributed by atoms with Crippen LogP contribution in [0.1, 0.15) is 33.1 Å². The summed E-state index contributed by atoms with van der Waals surface area (Å²) in [5.74, 6) is 0. The van der Waals surface area contributed by atoms with Crippen molar-refractivity contribution in [2.45, 2.75) is 39.3 Å². The molecule has 1 aliphatic heterocycles. The van der Waals surface area contributed by atoms with E-state index in [4.69, 9.17) is 0 Å². The first-order valence-electron chi connectivity index (χ1n) is 5.91. The van der Waals surface area contributed by atoms with E-state index in [1.165, 1.54) is 4.90 Å². The van der Waals surface area contributed by atoms with Crippen molar-refractivity contribution in [3.05, 3.63) is 0 Å². The second kappa shape index (κ2) is 5.14. The summed E-state index contributed by atoms with van der Waals surface area (Å²) in [4.78, 5) is 13.0. The molecular weight excluding hydrogens is 233 g/mol. The molecule has 0 aromatic rings. The molecule has 0 aliphatic carbocycles. The Bertz CT molecular complexity index is 274. The zero-order valence-electron chi connectivity index (χ0n) is 10.2. The maximum absolute atomic E-state index is 12.0. The summed E-state index contributed by atoms with van der Waals surface area (Å²) in [6.45, 7) is 3.96. The molecule has 0 atom stereocenters. The van der Waals surface area contributed by atoms with Crippen molar-refractivity contribution in [2.75, 3.05) is 19.6 Å². The Labute approximate surface area is 99.4 Å². The third kappa shape index (κ3) is 3.78. The normalized spacial score (nSPS) is 19.5. The topological polar surface area (TPSA) is 32.3 Å². The Balaban J connectivity index is 2.46. The zero-order valence-corrected chi connectivity index (χ0v) is 10.2. The van der Waals surface area contributed by atoms with Crippen molar-refractivity contribution in [1.29, 1.82) is 0 Å². The number of urea groups is 1. The minimum atomic E-state index is -4.35. The van der Waals surface area contributed by atoms with E-state index in [0.29, 0.717) is 13.1 Å². The van der Waals surface area contributed by atoms with Crippen LogP contribution in [0.4, 0.5) is 18.0 Å². The Hall–Kier alpha value is -0.940. The molecular formula is C11H19F3N2O. The van der Waals surface area contributed by atoms with Crippen molar-refractivity contribution in [3.63, 3.8) is 0 Å². The van der Waals surface area contributed by atoms with Gasteiger partial charge < -0.3 is 10.2 Å². The molecule has 0 unspecified atom stereocenters. The highest BCUT2D eigenvalue weighted by Gasteiger charge is 2.38. The minimum absolute atomic E-state index is 0.0928. The Morgan fingerprint density at radius 1 is 1.35 bits per heavy atom. The fourth-order valence-corrected chi connectivity index (χ4v) is 2.22. The summed E-state index contributed by atoms with van der Waals surface area (Å²) in [5, 5.41) is 1.91. The highest BCUT2D eigenvalue weighted by molar-refractivity contribution is 5.74. The molecule has 0 radical (unpaired) electrons. The van der Waals surface area contributed by atoms with Crippen LogP contribution in [0.3, 0.4) is 0 Å². The molecule has 0 aromatic heterocycles. The van der Waals surface area contributed by atoms with Crippen LogP contribution in [0, 0.1) is 5.41 Å². The lowest BCUT2D eigenvalue weighted by molar-refractivity contribution is -0.123. The molecule has 3 nitrogen and oxygen atoms in total. The van der Waals surface area contributed by atoms with E-state index >= 15 is 0 Å². The lowest BCUT2D eigenvalue weighted by Crippen LogP contribution is -2.43. The summed E-state index contributed by atoms with van der Waals surface area (Å²) in [5.41, 5.74) is 0.0928. The minimum Gasteiger partial charge on any atom is -0.329 e. The highest BCUT2D eigenvalue weighted by Crippen LogP contribution is 2.36. The molecule has 6 heteroatoms. The van der Waals surface area contributed by atoms with E-state index in [1.54, 1.807) is 0 Å². The van der Waals surface area contributed by atoms with Crippen molar-refractivity contribution >= 4 is 6.03 Å². The third-order valence-corrected chi connectivity index (χ3v) is 3.67. The number of carbonyl (C=O) groups excluding carboxylic acids is 1. The number of nitrogens with zero attached hydrogens (tertiary/aromatic N) is 1. The molecule has 0 bridgehead atoms. The van der Waals surface area contributed by atoms with E-state index < -0.39 is 18.8 Å². The molecule has 1 fully saturated rings. The number of carbonyl (C=O) groups is 1. The molecule has 17 heavy (non-hydrogen) atoms. The van der Waals surface area contributed by atoms with Crippen molar-refractivity contribution in [1.82, 2.24) is 10.2 Å². The van der Waals surface area contributed by atoms with Crippen molar-refractivity contribution in [2.24, 2.45) is 5.41 Å². The Kier molecular flexibility index (Phi) is 4.27. The van der Waals surface area contributed by atoms with Crippen molar-refractivity contribution in [3.8, 4) is 0 Å². The van der Waals surface area contributed by atoms with Gasteiger partial charge in [-0.2, -0.15) is 13.2 Å². The maximum Gasteiger partial charge on any atom is 0.405 e. The van der Waals surface area contributed by atoms with Gasteiger partial charge in [0.25, 0.3) is 0 Å². The number of rotatable bonds is 3. The zero-order chi connectivity index (χ0) is 13.1. The van der Waals surface area contributed by atoms with Gasteiger partial charge in [-0.3, -0.25) is 0 Å². The lowest BCUT2D eigenvalue weighted by Gasteiger charge is -2.26. The van der Waals surface area contributed by atoms with Crippen molar-refractivity contribution < 1.29 is 18.0 Å². The number of hydrogen-bond donors (Lipinski definition) is 1. The van der Waals surface area contributed by atoms with Gasteiger partial charge in [-0.05, 0) is 24.7 Å². The molecule has 0 spiro atoms. The number of hydrogen-bond acceptors (Lipinski definition) is 1. The SMILES string of the molecule is CCC1(CC)CCN(C(=O)NCC(F)(F)F)C1. The number of alkyl halides is 3. The summed E-state index contributed by atoms with van der Waals surface area (Å²) in [6, 6.07) is -0.605. The van der Waals surface area contributed by atoms with Crippen LogP contribution >= 0.6 is 0 Å². The van der Waals surface area contributed by atoms with Gasteiger partial charge in [0.1, 0.15) is 6.54 Å². The number of halogens is 3. The van der Waals surface area contributed by atoms with Gasteiger partial charge in [-0.25, -0.2) is 4.79 Å². The summed E-state index contributed by atoms with van der Waals surface area (Å²) in [6.07, 6.45) is -1.57. The maximum atomic E-state index is 12.0. The average molecular weight is 252 g/mol. The number of likely N-dealkylation sites (tertiary alicyclic amines) is 1. The second-order valence-corrected chi connectivity index (χ2v) is 4.65. The van der Waals surface area contributed by atoms with Gasteiger partial charge in [0.05, 0.1) is 0 Å². The molecule has 2 amide bonds. The molecule has 1 aliphatic rings. The highest BCUT2D eigenvalue weighted by atomic mass is 19.4. The van der Waals surface area contributed by atoms with E-state index in [1.807, 2.05) is 5.32 Å². The standard InChI is InChI=1S/C11H19F3N2O/c1-3-10(4-2)5-6-16(8-10)9(17)15-7-11(12,13)14/h3-8H2,1-2H3,(H,15,17). The monoisotopic (exact) mass is 252 g/mol. The van der Waals surface area contributed by atoms with Gasteiger partial charge >= 0.3 is 12.2 Å². The van der Waals surface area contributed by atoms with Gasteiger partial charge in [0.2, 0.25) is 0 Å². The predicted octanol–water partition coefficient (Wildman–Crippen LogP) is 2.77. The van der Waals surface area contributed by atoms with Crippen LogP contribution in [0.15, 0.2) is 0 Å². The number of nitrogens with one attached hydrogen (secondary N) is 1. The van der Waals surface area contributed by atoms with Crippen LogP contribution in [0.2, 0.25) is 0 Å². The lowest BCUT2D eigenvalue weighted by atomic mass is 9.82. The van der Waals surface area contributed by atoms with Crippen LogP contribution in [-0.2, 0) is 0 Å². The Morgan fingerprint density at radius 3 is 2.35 bits per heavy atom. The largest absolute Gasteiger partial charge is 0.405 e. The molecule has 0 aromatic carbocycles. The second-order valence-electron chi connectivity index (χ2n) is 4.65. The average Bonchev–Trinajstić information content (AvgIpc) is 2.70. The first-order valence-corrected chi connectivity index (χ1v) is 5.91. The fraction of sp³-hybridized carbons (Fsp3) is 0.909. The molecule has 1 rings (SSSR count). The first kappa shape index (κ1) is 14.1. The molecule has 1 heterocycles. The quantitative estimate of drug-likeness (QED) is 0.823. The number of amides is 2. The fourth-order valence-electron chi connectivity index (χ4n) is 2.22. The van der Waals surface area contributed by atoms with Crippen LogP contribution in [0.25, 0.3) is 0 Å². The van der Waals surface area contributed by atoms with E-state index in [2.05, 4.69) is 13.8 Å². The third-order valence-electron chi connectivity index (χ3n) is 3.67. The molecule has 1 saturated heterocycles. The summed E-state index contributed by atoms with van der Waals surface area (Å²) >= 11 is 0. The smallest absolute Gasteiger partial charge is 0.329 e. The van der Waals surface area contributed by atoms with Crippen LogP contribution in [-0.4, -0.2) is 36.7 Å². The Morgan fingerprint density at radius 2 is 1.94 bits per heavy atom. The first-order chi connectivity index (χ1) is 7.82. The predicted molar refractivity (Wildman–Crippen MR) is 58.7 cm³/mol. The summed E-state index contributed by atoms with van der Waals surface area (Å²) in [7, 11) is 0.